The van der Waals surface area contributed by atoms with E-state index in [9.17, 15) is 18.4 Å². The lowest BCUT2D eigenvalue weighted by Crippen LogP contribution is -2.15. The number of nitrogens with one attached hydrogen (secondary N) is 1. The fourth-order valence-corrected chi connectivity index (χ4v) is 3.11. The standard InChI is InChI=1S/C20H15F2N5O3/c1-30-16(28)6-15-23-7-10(8-24-15)5-13-18-14(9-25-20(18)29)27-19(26-13)17-11(21)3-2-4-12(17)22/h2-4,7-8H,5-6,9H2,1H3,(H,25,29). The number of amides is 1. The summed E-state index contributed by atoms with van der Waals surface area (Å²) in [6, 6.07) is 3.48. The number of methoxy groups -OCH3 is 1. The van der Waals surface area contributed by atoms with Crippen LogP contribution in [0.15, 0.2) is 30.6 Å². The zero-order valence-electron chi connectivity index (χ0n) is 15.8. The maximum absolute atomic E-state index is 14.2. The SMILES string of the molecule is COC(=O)Cc1ncc(Cc2nc(-c3c(F)cccc3F)nc3c2C(=O)NC3)cn1. The molecular weight excluding hydrogens is 396 g/mol. The first-order valence-electron chi connectivity index (χ1n) is 8.95. The van der Waals surface area contributed by atoms with Gasteiger partial charge in [0.25, 0.3) is 5.91 Å². The van der Waals surface area contributed by atoms with Gasteiger partial charge in [0.2, 0.25) is 0 Å². The van der Waals surface area contributed by atoms with Crippen LogP contribution in [-0.2, 0) is 28.9 Å². The van der Waals surface area contributed by atoms with Crippen LogP contribution in [0.3, 0.4) is 0 Å². The number of benzene rings is 1. The zero-order chi connectivity index (χ0) is 21.3. The third kappa shape index (κ3) is 3.71. The molecule has 3 aromatic rings. The smallest absolute Gasteiger partial charge is 0.313 e. The van der Waals surface area contributed by atoms with E-state index < -0.39 is 17.6 Å². The number of carbonyl (C=O) groups is 2. The van der Waals surface area contributed by atoms with Crippen molar-refractivity contribution in [2.45, 2.75) is 19.4 Å². The Labute approximate surface area is 169 Å². The highest BCUT2D eigenvalue weighted by Crippen LogP contribution is 2.27. The minimum atomic E-state index is -0.798. The van der Waals surface area contributed by atoms with Crippen LogP contribution in [-0.4, -0.2) is 38.9 Å². The van der Waals surface area contributed by atoms with Gasteiger partial charge in [-0.15, -0.1) is 0 Å². The first-order valence-corrected chi connectivity index (χ1v) is 8.95. The Bertz CT molecular complexity index is 1130. The van der Waals surface area contributed by atoms with E-state index >= 15 is 0 Å². The van der Waals surface area contributed by atoms with Gasteiger partial charge in [0.05, 0.1) is 36.2 Å². The first-order chi connectivity index (χ1) is 14.5. The fraction of sp³-hybridized carbons (Fsp3) is 0.200. The molecule has 30 heavy (non-hydrogen) atoms. The van der Waals surface area contributed by atoms with Gasteiger partial charge in [-0.2, -0.15) is 0 Å². The van der Waals surface area contributed by atoms with Gasteiger partial charge in [0.15, 0.2) is 5.82 Å². The summed E-state index contributed by atoms with van der Waals surface area (Å²) in [5.41, 5.74) is 1.19. The monoisotopic (exact) mass is 411 g/mol. The average Bonchev–Trinajstić information content (AvgIpc) is 3.10. The Balaban J connectivity index is 1.72. The van der Waals surface area contributed by atoms with E-state index in [0.717, 1.165) is 12.1 Å². The molecule has 152 valence electrons. The molecule has 3 heterocycles. The van der Waals surface area contributed by atoms with Crippen molar-refractivity contribution in [1.82, 2.24) is 25.3 Å². The number of rotatable bonds is 5. The molecule has 2 aromatic heterocycles. The van der Waals surface area contributed by atoms with Crippen LogP contribution in [0.25, 0.3) is 11.4 Å². The Morgan fingerprint density at radius 2 is 1.83 bits per heavy atom. The average molecular weight is 411 g/mol. The lowest BCUT2D eigenvalue weighted by molar-refractivity contribution is -0.139. The molecular formula is C20H15F2N5O3. The molecule has 0 fully saturated rings. The maximum atomic E-state index is 14.2. The van der Waals surface area contributed by atoms with Crippen LogP contribution in [0.2, 0.25) is 0 Å². The van der Waals surface area contributed by atoms with Crippen LogP contribution in [0.5, 0.6) is 0 Å². The van der Waals surface area contributed by atoms with Gasteiger partial charge in [-0.1, -0.05) is 6.07 Å². The Hall–Kier alpha value is -3.82. The van der Waals surface area contributed by atoms with E-state index in [4.69, 9.17) is 0 Å². The largest absolute Gasteiger partial charge is 0.469 e. The molecule has 1 aromatic carbocycles. The number of carbonyl (C=O) groups excluding carboxylic acids is 2. The number of hydrogen-bond donors (Lipinski definition) is 1. The minimum absolute atomic E-state index is 0.0706. The van der Waals surface area contributed by atoms with Gasteiger partial charge in [-0.05, 0) is 17.7 Å². The number of nitrogens with zero attached hydrogens (tertiary/aromatic N) is 4. The van der Waals surface area contributed by atoms with Crippen molar-refractivity contribution in [3.05, 3.63) is 70.6 Å². The van der Waals surface area contributed by atoms with Crippen molar-refractivity contribution in [1.29, 1.82) is 0 Å². The molecule has 1 amide bonds. The second kappa shape index (κ2) is 7.90. The normalized spacial score (nSPS) is 12.4. The van der Waals surface area contributed by atoms with Gasteiger partial charge in [0.1, 0.15) is 23.9 Å². The van der Waals surface area contributed by atoms with E-state index in [2.05, 4.69) is 30.0 Å². The van der Waals surface area contributed by atoms with Crippen molar-refractivity contribution >= 4 is 11.9 Å². The molecule has 10 heteroatoms. The minimum Gasteiger partial charge on any atom is -0.469 e. The molecule has 0 atom stereocenters. The molecule has 1 aliphatic rings. The molecule has 4 rings (SSSR count). The summed E-state index contributed by atoms with van der Waals surface area (Å²) in [5, 5.41) is 2.64. The zero-order valence-corrected chi connectivity index (χ0v) is 15.8. The summed E-state index contributed by atoms with van der Waals surface area (Å²) in [4.78, 5) is 40.3. The number of aromatic nitrogens is 4. The van der Waals surface area contributed by atoms with E-state index in [1.807, 2.05) is 0 Å². The van der Waals surface area contributed by atoms with Crippen molar-refractivity contribution in [3.8, 4) is 11.4 Å². The molecule has 0 aliphatic carbocycles. The number of halogens is 2. The molecule has 0 bridgehead atoms. The van der Waals surface area contributed by atoms with Crippen LogP contribution in [0.1, 0.15) is 33.1 Å². The van der Waals surface area contributed by atoms with Crippen LogP contribution in [0.4, 0.5) is 8.78 Å². The summed E-state index contributed by atoms with van der Waals surface area (Å²) in [6.45, 7) is 0.140. The van der Waals surface area contributed by atoms with E-state index in [1.54, 1.807) is 0 Å². The predicted octanol–water partition coefficient (Wildman–Crippen LogP) is 1.76. The fourth-order valence-electron chi connectivity index (χ4n) is 3.11. The Kier molecular flexibility index (Phi) is 5.13. The lowest BCUT2D eigenvalue weighted by Gasteiger charge is -2.10. The molecule has 1 N–H and O–H groups in total. The van der Waals surface area contributed by atoms with E-state index in [-0.39, 0.29) is 48.1 Å². The van der Waals surface area contributed by atoms with Crippen molar-refractivity contribution < 1.29 is 23.1 Å². The molecule has 0 radical (unpaired) electrons. The van der Waals surface area contributed by atoms with Crippen LogP contribution < -0.4 is 5.32 Å². The van der Waals surface area contributed by atoms with Gasteiger partial charge in [-0.3, -0.25) is 9.59 Å². The van der Waals surface area contributed by atoms with E-state index in [0.29, 0.717) is 17.0 Å². The second-order valence-electron chi connectivity index (χ2n) is 6.53. The quantitative estimate of drug-likeness (QED) is 0.638. The van der Waals surface area contributed by atoms with Crippen molar-refractivity contribution in [2.24, 2.45) is 0 Å². The number of ether oxygens (including phenoxy) is 1. The van der Waals surface area contributed by atoms with Gasteiger partial charge < -0.3 is 10.1 Å². The lowest BCUT2D eigenvalue weighted by atomic mass is 10.1. The van der Waals surface area contributed by atoms with Crippen molar-refractivity contribution in [3.63, 3.8) is 0 Å². The van der Waals surface area contributed by atoms with Crippen molar-refractivity contribution in [2.75, 3.05) is 7.11 Å². The molecule has 0 unspecified atom stereocenters. The Morgan fingerprint density at radius 1 is 1.13 bits per heavy atom. The highest BCUT2D eigenvalue weighted by Gasteiger charge is 2.28. The second-order valence-corrected chi connectivity index (χ2v) is 6.53. The highest BCUT2D eigenvalue weighted by atomic mass is 19.1. The molecule has 8 nitrogen and oxygen atoms in total. The van der Waals surface area contributed by atoms with Gasteiger partial charge >= 0.3 is 5.97 Å². The summed E-state index contributed by atoms with van der Waals surface area (Å²) in [7, 11) is 1.27. The first kappa shape index (κ1) is 19.5. The highest BCUT2D eigenvalue weighted by molar-refractivity contribution is 5.99. The molecule has 1 aliphatic heterocycles. The number of fused-ring (bicyclic) bond motifs is 1. The summed E-state index contributed by atoms with van der Waals surface area (Å²) in [5.74, 6) is -2.28. The van der Waals surface area contributed by atoms with Gasteiger partial charge in [0, 0.05) is 18.8 Å². The third-order valence-corrected chi connectivity index (χ3v) is 4.55. The molecule has 0 spiro atoms. The molecule has 0 saturated carbocycles. The summed E-state index contributed by atoms with van der Waals surface area (Å²) in [6.07, 6.45) is 3.06. The number of esters is 1. The van der Waals surface area contributed by atoms with Crippen LogP contribution >= 0.6 is 0 Å². The molecule has 0 saturated heterocycles. The number of hydrogen-bond acceptors (Lipinski definition) is 7. The summed E-state index contributed by atoms with van der Waals surface area (Å²) >= 11 is 0. The summed E-state index contributed by atoms with van der Waals surface area (Å²) < 4.78 is 33.1. The third-order valence-electron chi connectivity index (χ3n) is 4.55. The van der Waals surface area contributed by atoms with Crippen LogP contribution in [0, 0.1) is 11.6 Å². The topological polar surface area (TPSA) is 107 Å². The van der Waals surface area contributed by atoms with E-state index in [1.165, 1.54) is 25.6 Å². The maximum Gasteiger partial charge on any atom is 0.313 e. The van der Waals surface area contributed by atoms with Gasteiger partial charge in [-0.25, -0.2) is 28.7 Å². The predicted molar refractivity (Wildman–Crippen MR) is 99.1 cm³/mol. The Morgan fingerprint density at radius 3 is 2.50 bits per heavy atom.